The van der Waals surface area contributed by atoms with E-state index in [1.807, 2.05) is 12.1 Å². The molecule has 0 amide bonds. The number of benzene rings is 1. The molecule has 4 heteroatoms. The van der Waals surface area contributed by atoms with Gasteiger partial charge in [0.25, 0.3) is 0 Å². The lowest BCUT2D eigenvalue weighted by atomic mass is 10.1. The molecule has 1 aromatic rings. The number of carbonyl (C=O) groups excluding carboxylic acids is 1. The van der Waals surface area contributed by atoms with Crippen molar-refractivity contribution >= 4 is 27.8 Å². The van der Waals surface area contributed by atoms with Gasteiger partial charge in [0.1, 0.15) is 13.2 Å². The number of ether oxygens (including phenoxy) is 2. The molecule has 0 unspecified atom stereocenters. The average Bonchev–Trinajstić information content (AvgIpc) is 2.26. The summed E-state index contributed by atoms with van der Waals surface area (Å²) in [6.45, 7) is 2.64. The molecule has 1 aliphatic heterocycles. The van der Waals surface area contributed by atoms with Gasteiger partial charge in [-0.1, -0.05) is 6.08 Å². The van der Waals surface area contributed by atoms with Crippen molar-refractivity contribution in [1.82, 2.24) is 0 Å². The highest BCUT2D eigenvalue weighted by Crippen LogP contribution is 2.38. The van der Waals surface area contributed by atoms with Gasteiger partial charge in [-0.25, -0.2) is 0 Å². The standard InChI is InChI=1S/C12H11BrO3/c1-8(14)2-3-9-6-10(13)12-11(7-9)15-4-5-16-12/h2-3,6-7H,4-5H2,1H3. The minimum Gasteiger partial charge on any atom is -0.486 e. The summed E-state index contributed by atoms with van der Waals surface area (Å²) in [6, 6.07) is 3.76. The Morgan fingerprint density at radius 1 is 1.38 bits per heavy atom. The summed E-state index contributed by atoms with van der Waals surface area (Å²) in [5.41, 5.74) is 0.909. The van der Waals surface area contributed by atoms with Gasteiger partial charge in [0, 0.05) is 0 Å². The van der Waals surface area contributed by atoms with Crippen LogP contribution >= 0.6 is 15.9 Å². The second-order valence-electron chi connectivity index (χ2n) is 3.47. The average molecular weight is 283 g/mol. The van der Waals surface area contributed by atoms with E-state index in [4.69, 9.17) is 9.47 Å². The lowest BCUT2D eigenvalue weighted by Crippen LogP contribution is -2.15. The second kappa shape index (κ2) is 4.70. The topological polar surface area (TPSA) is 35.5 Å². The zero-order chi connectivity index (χ0) is 11.5. The van der Waals surface area contributed by atoms with E-state index >= 15 is 0 Å². The van der Waals surface area contributed by atoms with Crippen LogP contribution in [0.5, 0.6) is 11.5 Å². The van der Waals surface area contributed by atoms with E-state index in [1.54, 1.807) is 6.08 Å². The highest BCUT2D eigenvalue weighted by atomic mass is 79.9. The SMILES string of the molecule is CC(=O)C=Cc1cc(Br)c2c(c1)OCCO2. The molecule has 1 aromatic carbocycles. The van der Waals surface area contributed by atoms with Gasteiger partial charge in [-0.05, 0) is 46.6 Å². The Hall–Kier alpha value is -1.29. The normalized spacial score (nSPS) is 14.1. The zero-order valence-corrected chi connectivity index (χ0v) is 10.4. The summed E-state index contributed by atoms with van der Waals surface area (Å²) in [4.78, 5) is 10.8. The monoisotopic (exact) mass is 282 g/mol. The van der Waals surface area contributed by atoms with E-state index in [2.05, 4.69) is 15.9 Å². The smallest absolute Gasteiger partial charge is 0.175 e. The van der Waals surface area contributed by atoms with E-state index in [0.717, 1.165) is 15.8 Å². The first-order chi connectivity index (χ1) is 7.66. The van der Waals surface area contributed by atoms with Crippen molar-refractivity contribution in [2.24, 2.45) is 0 Å². The lowest BCUT2D eigenvalue weighted by Gasteiger charge is -2.19. The Morgan fingerprint density at radius 3 is 2.88 bits per heavy atom. The van der Waals surface area contributed by atoms with Crippen molar-refractivity contribution in [2.75, 3.05) is 13.2 Å². The summed E-state index contributed by atoms with van der Waals surface area (Å²) in [7, 11) is 0. The number of halogens is 1. The maximum atomic E-state index is 10.8. The molecule has 0 spiro atoms. The molecule has 0 fully saturated rings. The first kappa shape index (κ1) is 11.2. The van der Waals surface area contributed by atoms with Gasteiger partial charge in [0.15, 0.2) is 17.3 Å². The summed E-state index contributed by atoms with van der Waals surface area (Å²) < 4.78 is 11.8. The van der Waals surface area contributed by atoms with Crippen LogP contribution in [-0.4, -0.2) is 19.0 Å². The van der Waals surface area contributed by atoms with Gasteiger partial charge in [-0.3, -0.25) is 4.79 Å². The Kier molecular flexibility index (Phi) is 3.29. The lowest BCUT2D eigenvalue weighted by molar-refractivity contribution is -0.112. The second-order valence-corrected chi connectivity index (χ2v) is 4.33. The van der Waals surface area contributed by atoms with Crippen LogP contribution in [0.1, 0.15) is 12.5 Å². The molecule has 16 heavy (non-hydrogen) atoms. The number of hydrogen-bond donors (Lipinski definition) is 0. The van der Waals surface area contributed by atoms with Crippen molar-refractivity contribution in [3.8, 4) is 11.5 Å². The molecule has 0 saturated carbocycles. The fraction of sp³-hybridized carbons (Fsp3) is 0.250. The molecule has 84 valence electrons. The molecule has 3 nitrogen and oxygen atoms in total. The number of ketones is 1. The van der Waals surface area contributed by atoms with Gasteiger partial charge >= 0.3 is 0 Å². The van der Waals surface area contributed by atoms with Crippen LogP contribution in [0.4, 0.5) is 0 Å². The van der Waals surface area contributed by atoms with E-state index in [9.17, 15) is 4.79 Å². The Morgan fingerprint density at radius 2 is 2.12 bits per heavy atom. The van der Waals surface area contributed by atoms with E-state index in [0.29, 0.717) is 19.0 Å². The number of rotatable bonds is 2. The molecule has 0 saturated heterocycles. The van der Waals surface area contributed by atoms with Crippen LogP contribution in [0, 0.1) is 0 Å². The predicted octanol–water partition coefficient (Wildman–Crippen LogP) is 2.82. The van der Waals surface area contributed by atoms with Gasteiger partial charge in [0.05, 0.1) is 4.47 Å². The van der Waals surface area contributed by atoms with Crippen LogP contribution < -0.4 is 9.47 Å². The van der Waals surface area contributed by atoms with Crippen LogP contribution in [-0.2, 0) is 4.79 Å². The van der Waals surface area contributed by atoms with E-state index in [1.165, 1.54) is 13.0 Å². The number of fused-ring (bicyclic) bond motifs is 1. The number of hydrogen-bond acceptors (Lipinski definition) is 3. The van der Waals surface area contributed by atoms with Crippen molar-refractivity contribution in [2.45, 2.75) is 6.92 Å². The molecule has 1 heterocycles. The Labute approximate surface area is 102 Å². The molecule has 0 N–H and O–H groups in total. The molecule has 0 radical (unpaired) electrons. The van der Waals surface area contributed by atoms with Gasteiger partial charge < -0.3 is 9.47 Å². The zero-order valence-electron chi connectivity index (χ0n) is 8.83. The first-order valence-corrected chi connectivity index (χ1v) is 5.74. The van der Waals surface area contributed by atoms with Gasteiger partial charge in [-0.15, -0.1) is 0 Å². The minimum absolute atomic E-state index is 0.0195. The molecule has 1 aliphatic rings. The van der Waals surface area contributed by atoms with Crippen LogP contribution in [0.15, 0.2) is 22.7 Å². The van der Waals surface area contributed by atoms with Crippen molar-refractivity contribution in [3.05, 3.63) is 28.2 Å². The highest BCUT2D eigenvalue weighted by molar-refractivity contribution is 9.10. The fourth-order valence-electron chi connectivity index (χ4n) is 1.44. The third-order valence-corrected chi connectivity index (χ3v) is 2.72. The van der Waals surface area contributed by atoms with Gasteiger partial charge in [0.2, 0.25) is 0 Å². The van der Waals surface area contributed by atoms with Crippen LogP contribution in [0.2, 0.25) is 0 Å². The molecule has 0 aliphatic carbocycles. The Balaban J connectivity index is 2.35. The largest absolute Gasteiger partial charge is 0.486 e. The summed E-state index contributed by atoms with van der Waals surface area (Å²) >= 11 is 3.42. The maximum Gasteiger partial charge on any atom is 0.175 e. The Bertz CT molecular complexity index is 452. The quantitative estimate of drug-likeness (QED) is 0.783. The summed E-state index contributed by atoms with van der Waals surface area (Å²) in [5.74, 6) is 1.46. The molecular formula is C12H11BrO3. The first-order valence-electron chi connectivity index (χ1n) is 4.94. The molecule has 0 atom stereocenters. The predicted molar refractivity (Wildman–Crippen MR) is 64.8 cm³/mol. The third-order valence-electron chi connectivity index (χ3n) is 2.13. The maximum absolute atomic E-state index is 10.8. The third kappa shape index (κ3) is 2.44. The van der Waals surface area contributed by atoms with Crippen LogP contribution in [0.3, 0.4) is 0 Å². The van der Waals surface area contributed by atoms with E-state index < -0.39 is 0 Å². The summed E-state index contributed by atoms with van der Waals surface area (Å²) in [5, 5.41) is 0. The molecule has 0 bridgehead atoms. The van der Waals surface area contributed by atoms with Crippen molar-refractivity contribution < 1.29 is 14.3 Å². The van der Waals surface area contributed by atoms with Gasteiger partial charge in [-0.2, -0.15) is 0 Å². The van der Waals surface area contributed by atoms with E-state index in [-0.39, 0.29) is 5.78 Å². The minimum atomic E-state index is 0.0195. The van der Waals surface area contributed by atoms with Crippen molar-refractivity contribution in [3.63, 3.8) is 0 Å². The fourth-order valence-corrected chi connectivity index (χ4v) is 2.01. The number of carbonyl (C=O) groups is 1. The molecular weight excluding hydrogens is 272 g/mol. The number of allylic oxidation sites excluding steroid dienone is 1. The highest BCUT2D eigenvalue weighted by Gasteiger charge is 2.15. The molecule has 2 rings (SSSR count). The molecule has 0 aromatic heterocycles. The summed E-state index contributed by atoms with van der Waals surface area (Å²) in [6.07, 6.45) is 3.28. The van der Waals surface area contributed by atoms with Crippen LogP contribution in [0.25, 0.3) is 6.08 Å². The van der Waals surface area contributed by atoms with Crippen molar-refractivity contribution in [1.29, 1.82) is 0 Å².